The van der Waals surface area contributed by atoms with Crippen LogP contribution >= 0.6 is 0 Å². The van der Waals surface area contributed by atoms with Gasteiger partial charge in [-0.1, -0.05) is 18.2 Å². The van der Waals surface area contributed by atoms with Gasteiger partial charge in [0.2, 0.25) is 5.91 Å². The molecule has 164 valence electrons. The third-order valence-electron chi connectivity index (χ3n) is 6.38. The maximum atomic E-state index is 13.4. The number of benzene rings is 1. The maximum absolute atomic E-state index is 13.4. The van der Waals surface area contributed by atoms with Crippen molar-refractivity contribution in [2.45, 2.75) is 30.8 Å². The first kappa shape index (κ1) is 20.2. The van der Waals surface area contributed by atoms with Gasteiger partial charge in [0.1, 0.15) is 18.4 Å². The number of aromatic nitrogens is 4. The van der Waals surface area contributed by atoms with E-state index in [9.17, 15) is 9.59 Å². The molecular weight excluding hydrogens is 408 g/mol. The topological polar surface area (TPSA) is 93.5 Å². The van der Waals surface area contributed by atoms with Gasteiger partial charge >= 0.3 is 6.03 Å². The van der Waals surface area contributed by atoms with Gasteiger partial charge in [-0.2, -0.15) is 9.78 Å². The van der Waals surface area contributed by atoms with E-state index in [4.69, 9.17) is 4.74 Å². The number of piperidine rings is 1. The van der Waals surface area contributed by atoms with E-state index in [-0.39, 0.29) is 29.9 Å². The molecule has 0 aliphatic carbocycles. The Labute approximate surface area is 185 Å². The Hall–Kier alpha value is -3.75. The van der Waals surface area contributed by atoms with Crippen LogP contribution in [-0.2, 0) is 4.79 Å². The fourth-order valence-corrected chi connectivity index (χ4v) is 4.75. The molecule has 0 unspecified atom stereocenters. The summed E-state index contributed by atoms with van der Waals surface area (Å²) in [4.78, 5) is 37.8. The zero-order chi connectivity index (χ0) is 22.1. The molecule has 4 heterocycles. The number of hydrogen-bond donors (Lipinski definition) is 0. The van der Waals surface area contributed by atoms with Crippen LogP contribution in [0.25, 0.3) is 0 Å². The van der Waals surface area contributed by atoms with Crippen LogP contribution in [0.3, 0.4) is 0 Å². The second kappa shape index (κ2) is 8.41. The summed E-state index contributed by atoms with van der Waals surface area (Å²) in [6, 6.07) is 11.4. The van der Waals surface area contributed by atoms with Crippen molar-refractivity contribution in [1.82, 2.24) is 29.5 Å². The molecule has 0 spiro atoms. The minimum Gasteiger partial charge on any atom is -0.497 e. The number of ether oxygens (including phenoxy) is 1. The minimum absolute atomic E-state index is 0.0713. The van der Waals surface area contributed by atoms with E-state index in [0.29, 0.717) is 13.1 Å². The molecule has 9 nitrogen and oxygen atoms in total. The lowest BCUT2D eigenvalue weighted by molar-refractivity contribution is -0.156. The van der Waals surface area contributed by atoms with Crippen molar-refractivity contribution < 1.29 is 14.3 Å². The van der Waals surface area contributed by atoms with Crippen molar-refractivity contribution in [2.75, 3.05) is 20.2 Å². The van der Waals surface area contributed by atoms with Crippen LogP contribution in [0.2, 0.25) is 0 Å². The summed E-state index contributed by atoms with van der Waals surface area (Å²) < 4.78 is 6.51. The number of likely N-dealkylation sites (tertiary alicyclic amines) is 2. The van der Waals surface area contributed by atoms with Gasteiger partial charge in [0.05, 0.1) is 19.1 Å². The number of pyridine rings is 1. The Morgan fingerprint density at radius 1 is 1.06 bits per heavy atom. The highest BCUT2D eigenvalue weighted by atomic mass is 16.5. The molecule has 2 atom stereocenters. The van der Waals surface area contributed by atoms with E-state index >= 15 is 0 Å². The normalized spacial score (nSPS) is 21.3. The molecule has 3 aromatic rings. The van der Waals surface area contributed by atoms with Gasteiger partial charge in [0, 0.05) is 31.5 Å². The molecule has 2 aromatic heterocycles. The highest BCUT2D eigenvalue weighted by Gasteiger charge is 2.52. The average molecular weight is 432 g/mol. The lowest BCUT2D eigenvalue weighted by Crippen LogP contribution is -2.60. The highest BCUT2D eigenvalue weighted by molar-refractivity contribution is 5.92. The Morgan fingerprint density at radius 3 is 2.47 bits per heavy atom. The second-order valence-electron chi connectivity index (χ2n) is 8.07. The van der Waals surface area contributed by atoms with Crippen LogP contribution in [0.4, 0.5) is 4.79 Å². The van der Waals surface area contributed by atoms with Crippen LogP contribution in [-0.4, -0.2) is 67.7 Å². The van der Waals surface area contributed by atoms with E-state index in [0.717, 1.165) is 29.7 Å². The van der Waals surface area contributed by atoms with Crippen LogP contribution in [0.5, 0.6) is 5.75 Å². The third kappa shape index (κ3) is 3.49. The van der Waals surface area contributed by atoms with E-state index in [1.165, 1.54) is 17.3 Å². The second-order valence-corrected chi connectivity index (χ2v) is 8.07. The molecule has 0 saturated carbocycles. The highest BCUT2D eigenvalue weighted by Crippen LogP contribution is 2.49. The first-order chi connectivity index (χ1) is 15.7. The Kier molecular flexibility index (Phi) is 5.30. The number of β-lactam (4-membered cyclic amide) rings is 1. The van der Waals surface area contributed by atoms with E-state index < -0.39 is 0 Å². The predicted molar refractivity (Wildman–Crippen MR) is 115 cm³/mol. The van der Waals surface area contributed by atoms with Crippen LogP contribution in [0.1, 0.15) is 35.9 Å². The third-order valence-corrected chi connectivity index (χ3v) is 6.38. The standard InChI is InChI=1S/C23H24N6O3/c1-32-19-6-4-16(5-7-19)20-21(17-3-2-10-24-13-17)29(22(20)30)18-8-11-27(12-9-18)23(31)28-15-25-14-26-28/h2-7,10,13-15,18,20-21H,8-9,11-12H2,1H3/t20-,21-/m1/s1. The number of rotatable bonds is 4. The van der Waals surface area contributed by atoms with Gasteiger partial charge in [-0.05, 0) is 42.2 Å². The van der Waals surface area contributed by atoms with Crippen molar-refractivity contribution in [3.63, 3.8) is 0 Å². The molecular formula is C23H24N6O3. The zero-order valence-electron chi connectivity index (χ0n) is 17.7. The molecule has 0 radical (unpaired) electrons. The molecule has 1 aromatic carbocycles. The molecule has 2 aliphatic heterocycles. The number of hydrogen-bond acceptors (Lipinski definition) is 6. The quantitative estimate of drug-likeness (QED) is 0.588. The lowest BCUT2D eigenvalue weighted by Gasteiger charge is -2.53. The SMILES string of the molecule is COc1ccc([C@H]2C(=O)N(C3CCN(C(=O)n4cncn4)CC3)[C@@H]2c2cccnc2)cc1. The Morgan fingerprint density at radius 2 is 1.84 bits per heavy atom. The number of amides is 2. The van der Waals surface area contributed by atoms with E-state index in [2.05, 4.69) is 15.1 Å². The first-order valence-electron chi connectivity index (χ1n) is 10.7. The molecule has 5 rings (SSSR count). The van der Waals surface area contributed by atoms with Gasteiger partial charge in [0.25, 0.3) is 0 Å². The van der Waals surface area contributed by atoms with Gasteiger partial charge in [-0.15, -0.1) is 0 Å². The zero-order valence-corrected chi connectivity index (χ0v) is 17.7. The summed E-state index contributed by atoms with van der Waals surface area (Å²) in [5, 5.41) is 3.93. The predicted octanol–water partition coefficient (Wildman–Crippen LogP) is 2.48. The van der Waals surface area contributed by atoms with Gasteiger partial charge in [0.15, 0.2) is 0 Å². The largest absolute Gasteiger partial charge is 0.497 e. The van der Waals surface area contributed by atoms with Gasteiger partial charge in [-0.25, -0.2) is 9.78 Å². The Balaban J connectivity index is 1.35. The average Bonchev–Trinajstić information content (AvgIpc) is 3.38. The molecule has 32 heavy (non-hydrogen) atoms. The summed E-state index contributed by atoms with van der Waals surface area (Å²) in [5.41, 5.74) is 1.99. The van der Waals surface area contributed by atoms with Crippen molar-refractivity contribution in [1.29, 1.82) is 0 Å². The van der Waals surface area contributed by atoms with E-state index in [1.807, 2.05) is 47.5 Å². The van der Waals surface area contributed by atoms with Crippen molar-refractivity contribution >= 4 is 11.9 Å². The fraction of sp³-hybridized carbons (Fsp3) is 0.348. The lowest BCUT2D eigenvalue weighted by atomic mass is 9.76. The smallest absolute Gasteiger partial charge is 0.346 e. The molecule has 2 amide bonds. The molecule has 2 saturated heterocycles. The molecule has 2 aliphatic rings. The summed E-state index contributed by atoms with van der Waals surface area (Å²) in [6.45, 7) is 1.14. The van der Waals surface area contributed by atoms with Gasteiger partial charge in [-0.3, -0.25) is 9.78 Å². The fourth-order valence-electron chi connectivity index (χ4n) is 4.75. The monoisotopic (exact) mass is 432 g/mol. The van der Waals surface area contributed by atoms with E-state index in [1.54, 1.807) is 18.2 Å². The Bertz CT molecular complexity index is 1080. The van der Waals surface area contributed by atoms with Crippen LogP contribution < -0.4 is 4.74 Å². The summed E-state index contributed by atoms with van der Waals surface area (Å²) in [5.74, 6) is 0.629. The molecule has 0 N–H and O–H groups in total. The maximum Gasteiger partial charge on any atom is 0.346 e. The van der Waals surface area contributed by atoms with Crippen molar-refractivity contribution in [3.05, 3.63) is 72.6 Å². The molecule has 0 bridgehead atoms. The van der Waals surface area contributed by atoms with Gasteiger partial charge < -0.3 is 14.5 Å². The summed E-state index contributed by atoms with van der Waals surface area (Å²) >= 11 is 0. The van der Waals surface area contributed by atoms with Crippen LogP contribution in [0, 0.1) is 0 Å². The van der Waals surface area contributed by atoms with Crippen molar-refractivity contribution in [3.8, 4) is 5.75 Å². The number of nitrogens with zero attached hydrogens (tertiary/aromatic N) is 6. The van der Waals surface area contributed by atoms with Crippen LogP contribution in [0.15, 0.2) is 61.4 Å². The minimum atomic E-state index is -0.250. The van der Waals surface area contributed by atoms with Crippen molar-refractivity contribution in [2.24, 2.45) is 0 Å². The number of carbonyl (C=O) groups is 2. The molecule has 2 fully saturated rings. The first-order valence-corrected chi connectivity index (χ1v) is 10.7. The summed E-state index contributed by atoms with van der Waals surface area (Å²) in [6.07, 6.45) is 7.78. The summed E-state index contributed by atoms with van der Waals surface area (Å²) in [7, 11) is 1.63. The molecule has 9 heteroatoms. The number of carbonyl (C=O) groups excluding carboxylic acids is 2. The number of methoxy groups -OCH3 is 1.